The standard InChI is InChI=1S/C7H13NO2.CO2/c1-2-3-7(4-5-7)6-8(9)10;2-1-3/h2-6H2,1H3;. The number of hydrogen-bond donors (Lipinski definition) is 0. The van der Waals surface area contributed by atoms with Gasteiger partial charge in [0.1, 0.15) is 0 Å². The van der Waals surface area contributed by atoms with Crippen LogP contribution in [-0.2, 0) is 9.59 Å². The first-order valence-electron chi connectivity index (χ1n) is 4.21. The number of rotatable bonds is 4. The van der Waals surface area contributed by atoms with Crippen molar-refractivity contribution in [1.82, 2.24) is 0 Å². The molecule has 5 nitrogen and oxygen atoms in total. The van der Waals surface area contributed by atoms with E-state index in [1.165, 1.54) is 0 Å². The topological polar surface area (TPSA) is 77.3 Å². The highest BCUT2D eigenvalue weighted by molar-refractivity contribution is 5.20. The van der Waals surface area contributed by atoms with Crippen molar-refractivity contribution >= 4 is 6.15 Å². The first-order valence-corrected chi connectivity index (χ1v) is 4.21. The van der Waals surface area contributed by atoms with Gasteiger partial charge in [0, 0.05) is 10.3 Å². The Hall–Kier alpha value is -1.22. The highest BCUT2D eigenvalue weighted by Gasteiger charge is 2.46. The lowest BCUT2D eigenvalue weighted by Gasteiger charge is -2.05. The van der Waals surface area contributed by atoms with Gasteiger partial charge in [0.2, 0.25) is 6.54 Å². The van der Waals surface area contributed by atoms with Crippen molar-refractivity contribution in [2.75, 3.05) is 6.54 Å². The minimum Gasteiger partial charge on any atom is -0.265 e. The molecule has 1 saturated carbocycles. The summed E-state index contributed by atoms with van der Waals surface area (Å²) in [6.45, 7) is 2.28. The lowest BCUT2D eigenvalue weighted by Crippen LogP contribution is -2.14. The molecule has 1 aliphatic carbocycles. The van der Waals surface area contributed by atoms with Gasteiger partial charge in [-0.25, -0.2) is 0 Å². The van der Waals surface area contributed by atoms with Crippen molar-refractivity contribution in [2.45, 2.75) is 32.6 Å². The highest BCUT2D eigenvalue weighted by atomic mass is 16.6. The Morgan fingerprint density at radius 3 is 2.15 bits per heavy atom. The average molecular weight is 187 g/mol. The fraction of sp³-hybridized carbons (Fsp3) is 0.875. The van der Waals surface area contributed by atoms with E-state index >= 15 is 0 Å². The Morgan fingerprint density at radius 2 is 1.92 bits per heavy atom. The van der Waals surface area contributed by atoms with Gasteiger partial charge in [0.25, 0.3) is 0 Å². The van der Waals surface area contributed by atoms with Crippen LogP contribution >= 0.6 is 0 Å². The Kier molecular flexibility index (Phi) is 4.92. The first kappa shape index (κ1) is 11.8. The molecule has 0 aliphatic heterocycles. The predicted molar refractivity (Wildman–Crippen MR) is 43.4 cm³/mol. The zero-order valence-electron chi connectivity index (χ0n) is 7.62. The molecule has 0 N–H and O–H groups in total. The van der Waals surface area contributed by atoms with Gasteiger partial charge in [0.15, 0.2) is 0 Å². The van der Waals surface area contributed by atoms with Crippen LogP contribution in [0.15, 0.2) is 0 Å². The molecule has 1 rings (SSSR count). The van der Waals surface area contributed by atoms with E-state index in [0.29, 0.717) is 0 Å². The summed E-state index contributed by atoms with van der Waals surface area (Å²) in [7, 11) is 0. The van der Waals surface area contributed by atoms with Gasteiger partial charge in [-0.3, -0.25) is 10.1 Å². The molecule has 0 atom stereocenters. The van der Waals surface area contributed by atoms with Crippen LogP contribution in [0.3, 0.4) is 0 Å². The van der Waals surface area contributed by atoms with Crippen molar-refractivity contribution in [3.05, 3.63) is 10.1 Å². The van der Waals surface area contributed by atoms with Gasteiger partial charge in [-0.05, 0) is 19.3 Å². The van der Waals surface area contributed by atoms with Crippen molar-refractivity contribution in [1.29, 1.82) is 0 Å². The van der Waals surface area contributed by atoms with Crippen LogP contribution in [0.5, 0.6) is 0 Å². The smallest absolute Gasteiger partial charge is 0.265 e. The number of nitro groups is 1. The molecule has 5 heteroatoms. The molecule has 0 heterocycles. The van der Waals surface area contributed by atoms with Crippen molar-refractivity contribution in [3.8, 4) is 0 Å². The van der Waals surface area contributed by atoms with E-state index in [4.69, 9.17) is 9.59 Å². The number of hydrogen-bond acceptors (Lipinski definition) is 4. The second kappa shape index (κ2) is 5.43. The first-order chi connectivity index (χ1) is 6.10. The van der Waals surface area contributed by atoms with Gasteiger partial charge in [-0.15, -0.1) is 0 Å². The third kappa shape index (κ3) is 5.09. The maximum absolute atomic E-state index is 10.1. The maximum atomic E-state index is 10.1. The van der Waals surface area contributed by atoms with Crippen LogP contribution in [-0.4, -0.2) is 17.6 Å². The Morgan fingerprint density at radius 1 is 1.46 bits per heavy atom. The molecule has 0 radical (unpaired) electrons. The Bertz CT molecular complexity index is 204. The fourth-order valence-corrected chi connectivity index (χ4v) is 1.47. The molecule has 0 aromatic carbocycles. The van der Waals surface area contributed by atoms with Crippen molar-refractivity contribution < 1.29 is 14.5 Å². The van der Waals surface area contributed by atoms with Gasteiger partial charge < -0.3 is 0 Å². The van der Waals surface area contributed by atoms with Gasteiger partial charge in [-0.2, -0.15) is 9.59 Å². The van der Waals surface area contributed by atoms with E-state index in [-0.39, 0.29) is 23.0 Å². The largest absolute Gasteiger partial charge is 0.373 e. The normalized spacial score (nSPS) is 16.4. The van der Waals surface area contributed by atoms with Crippen molar-refractivity contribution in [3.63, 3.8) is 0 Å². The summed E-state index contributed by atoms with van der Waals surface area (Å²) in [6.07, 6.45) is 4.51. The number of nitrogens with zero attached hydrogens (tertiary/aromatic N) is 1. The SMILES string of the molecule is CCCC1(C[N+](=O)[O-])CC1.O=C=O. The summed E-state index contributed by atoms with van der Waals surface area (Å²) in [6, 6.07) is 0. The van der Waals surface area contributed by atoms with E-state index in [2.05, 4.69) is 6.92 Å². The van der Waals surface area contributed by atoms with E-state index < -0.39 is 0 Å². The molecule has 0 spiro atoms. The molecule has 1 aliphatic rings. The molecular formula is C8H13NO4. The third-order valence-corrected chi connectivity index (χ3v) is 2.20. The summed E-state index contributed by atoms with van der Waals surface area (Å²) in [5.41, 5.74) is 0.123. The molecule has 0 bridgehead atoms. The monoisotopic (exact) mass is 187 g/mol. The van der Waals surface area contributed by atoms with Crippen LogP contribution < -0.4 is 0 Å². The average Bonchev–Trinajstić information content (AvgIpc) is 2.69. The maximum Gasteiger partial charge on any atom is 0.373 e. The van der Waals surface area contributed by atoms with E-state index in [1.807, 2.05) is 0 Å². The van der Waals surface area contributed by atoms with Gasteiger partial charge >= 0.3 is 6.15 Å². The van der Waals surface area contributed by atoms with Crippen molar-refractivity contribution in [2.24, 2.45) is 5.41 Å². The van der Waals surface area contributed by atoms with Crippen LogP contribution in [0.2, 0.25) is 0 Å². The summed E-state index contributed by atoms with van der Waals surface area (Å²) in [5.74, 6) is 0. The zero-order chi connectivity index (χ0) is 10.3. The lowest BCUT2D eigenvalue weighted by molar-refractivity contribution is -0.491. The predicted octanol–water partition coefficient (Wildman–Crippen LogP) is 1.26. The van der Waals surface area contributed by atoms with Gasteiger partial charge in [0.05, 0.1) is 0 Å². The molecule has 0 saturated heterocycles. The fourth-order valence-electron chi connectivity index (χ4n) is 1.47. The molecular weight excluding hydrogens is 174 g/mol. The van der Waals surface area contributed by atoms with Crippen LogP contribution in [0.4, 0.5) is 0 Å². The summed E-state index contributed by atoms with van der Waals surface area (Å²) in [4.78, 5) is 26.2. The van der Waals surface area contributed by atoms with Crippen LogP contribution in [0.1, 0.15) is 32.6 Å². The quantitative estimate of drug-likeness (QED) is 0.490. The summed E-state index contributed by atoms with van der Waals surface area (Å²) in [5, 5.41) is 10.1. The lowest BCUT2D eigenvalue weighted by atomic mass is 10.0. The Balaban J connectivity index is 0.000000424. The number of carbonyl (C=O) groups excluding carboxylic acids is 2. The van der Waals surface area contributed by atoms with E-state index in [9.17, 15) is 10.1 Å². The summed E-state index contributed by atoms with van der Waals surface area (Å²) < 4.78 is 0. The van der Waals surface area contributed by atoms with Crippen LogP contribution in [0, 0.1) is 15.5 Å². The minimum absolute atomic E-state index is 0.123. The molecule has 0 unspecified atom stereocenters. The molecule has 1 fully saturated rings. The van der Waals surface area contributed by atoms with E-state index in [0.717, 1.165) is 25.7 Å². The molecule has 74 valence electrons. The molecule has 0 aromatic rings. The minimum atomic E-state index is -0.178. The van der Waals surface area contributed by atoms with Crippen LogP contribution in [0.25, 0.3) is 0 Å². The van der Waals surface area contributed by atoms with Gasteiger partial charge in [-0.1, -0.05) is 13.3 Å². The third-order valence-electron chi connectivity index (χ3n) is 2.20. The molecule has 0 aromatic heterocycles. The summed E-state index contributed by atoms with van der Waals surface area (Å²) >= 11 is 0. The molecule has 13 heavy (non-hydrogen) atoms. The second-order valence-electron chi connectivity index (χ2n) is 3.32. The Labute approximate surface area is 76.3 Å². The zero-order valence-corrected chi connectivity index (χ0v) is 7.62. The second-order valence-corrected chi connectivity index (χ2v) is 3.32. The highest BCUT2D eigenvalue weighted by Crippen LogP contribution is 2.49. The van der Waals surface area contributed by atoms with E-state index in [1.54, 1.807) is 0 Å². The molecule has 0 amide bonds.